The molecule has 170 valence electrons. The number of hydrogen-bond acceptors (Lipinski definition) is 6. The molecule has 8 heteroatoms. The van der Waals surface area contributed by atoms with E-state index in [-0.39, 0.29) is 12.0 Å². The Morgan fingerprint density at radius 2 is 1.88 bits per heavy atom. The number of methoxy groups -OCH3 is 2. The molecule has 0 N–H and O–H groups in total. The van der Waals surface area contributed by atoms with Crippen LogP contribution in [-0.2, 0) is 4.74 Å². The molecule has 0 saturated carbocycles. The van der Waals surface area contributed by atoms with Gasteiger partial charge in [-0.3, -0.25) is 0 Å². The van der Waals surface area contributed by atoms with E-state index in [4.69, 9.17) is 19.3 Å². The average Bonchev–Trinajstić information content (AvgIpc) is 3.22. The van der Waals surface area contributed by atoms with Crippen LogP contribution in [0, 0.1) is 0 Å². The molecular formula is C24H30N4O4. The Labute approximate surface area is 188 Å². The lowest BCUT2D eigenvalue weighted by Crippen LogP contribution is -2.42. The van der Waals surface area contributed by atoms with E-state index >= 15 is 0 Å². The van der Waals surface area contributed by atoms with Gasteiger partial charge in [-0.25, -0.2) is 14.3 Å². The maximum Gasteiger partial charge on any atom is 0.410 e. The van der Waals surface area contributed by atoms with Gasteiger partial charge < -0.3 is 19.1 Å². The molecule has 0 aliphatic carbocycles. The predicted molar refractivity (Wildman–Crippen MR) is 121 cm³/mol. The van der Waals surface area contributed by atoms with Gasteiger partial charge in [-0.1, -0.05) is 0 Å². The van der Waals surface area contributed by atoms with Gasteiger partial charge in [-0.05, 0) is 57.9 Å². The van der Waals surface area contributed by atoms with Gasteiger partial charge in [0, 0.05) is 36.8 Å². The first-order valence-electron chi connectivity index (χ1n) is 10.8. The van der Waals surface area contributed by atoms with Crippen LogP contribution in [-0.4, -0.2) is 58.5 Å². The number of carbonyl (C=O) groups excluding carboxylic acids is 1. The molecule has 0 radical (unpaired) electrons. The second-order valence-electron chi connectivity index (χ2n) is 9.00. The summed E-state index contributed by atoms with van der Waals surface area (Å²) < 4.78 is 18.2. The largest absolute Gasteiger partial charge is 0.493 e. The van der Waals surface area contributed by atoms with Gasteiger partial charge >= 0.3 is 6.09 Å². The number of ether oxygens (including phenoxy) is 3. The van der Waals surface area contributed by atoms with Crippen molar-refractivity contribution in [2.75, 3.05) is 27.3 Å². The molecule has 1 fully saturated rings. The number of likely N-dealkylation sites (tertiary alicyclic amines) is 1. The molecule has 1 saturated heterocycles. The lowest BCUT2D eigenvalue weighted by Gasteiger charge is -2.34. The van der Waals surface area contributed by atoms with E-state index in [1.165, 1.54) is 0 Å². The van der Waals surface area contributed by atoms with Gasteiger partial charge in [0.2, 0.25) is 0 Å². The molecule has 1 atom stereocenters. The summed E-state index contributed by atoms with van der Waals surface area (Å²) in [7, 11) is 3.23. The fraction of sp³-hybridized carbons (Fsp3) is 0.458. The highest BCUT2D eigenvalue weighted by atomic mass is 16.6. The molecule has 0 bridgehead atoms. The molecule has 8 nitrogen and oxygen atoms in total. The van der Waals surface area contributed by atoms with Crippen molar-refractivity contribution in [3.63, 3.8) is 0 Å². The average molecular weight is 439 g/mol. The summed E-state index contributed by atoms with van der Waals surface area (Å²) in [6.45, 7) is 6.96. The van der Waals surface area contributed by atoms with Crippen molar-refractivity contribution < 1.29 is 19.0 Å². The van der Waals surface area contributed by atoms with Gasteiger partial charge in [0.25, 0.3) is 0 Å². The number of hydrogen-bond donors (Lipinski definition) is 0. The Morgan fingerprint density at radius 3 is 2.59 bits per heavy atom. The summed E-state index contributed by atoms with van der Waals surface area (Å²) in [5.74, 6) is 1.47. The molecule has 0 spiro atoms. The van der Waals surface area contributed by atoms with Crippen LogP contribution < -0.4 is 9.47 Å². The Balaban J connectivity index is 1.63. The standard InChI is InChI=1S/C24H30N4O4/c1-24(2,3)32-23(29)27-12-6-7-17(15-27)19-10-11-25-22-14-18(26-28(19)22)16-8-9-20(30-4)21(13-16)31-5/h8-11,13-14,17H,6-7,12,15H2,1-5H3/t17-/m1/s1. The summed E-state index contributed by atoms with van der Waals surface area (Å²) >= 11 is 0. The van der Waals surface area contributed by atoms with Crippen molar-refractivity contribution in [2.45, 2.75) is 45.1 Å². The van der Waals surface area contributed by atoms with Crippen molar-refractivity contribution in [1.29, 1.82) is 0 Å². The predicted octanol–water partition coefficient (Wildman–Crippen LogP) is 4.53. The highest BCUT2D eigenvalue weighted by molar-refractivity contribution is 5.69. The Kier molecular flexibility index (Phi) is 5.95. The van der Waals surface area contributed by atoms with E-state index in [9.17, 15) is 4.79 Å². The number of carbonyl (C=O) groups is 1. The molecule has 3 aromatic rings. The summed E-state index contributed by atoms with van der Waals surface area (Å²) in [6, 6.07) is 9.67. The number of nitrogens with zero attached hydrogens (tertiary/aromatic N) is 4. The molecule has 0 unspecified atom stereocenters. The summed E-state index contributed by atoms with van der Waals surface area (Å²) in [6.07, 6.45) is 3.43. The van der Waals surface area contributed by atoms with Gasteiger partial charge in [-0.15, -0.1) is 0 Å². The highest BCUT2D eigenvalue weighted by Crippen LogP contribution is 2.33. The van der Waals surface area contributed by atoms with E-state index in [1.807, 2.05) is 55.6 Å². The van der Waals surface area contributed by atoms with E-state index < -0.39 is 5.60 Å². The maximum absolute atomic E-state index is 12.6. The molecule has 2 aromatic heterocycles. The Bertz CT molecular complexity index is 1120. The van der Waals surface area contributed by atoms with Gasteiger partial charge in [0.15, 0.2) is 17.1 Å². The quantitative estimate of drug-likeness (QED) is 0.596. The minimum atomic E-state index is -0.510. The lowest BCUT2D eigenvalue weighted by molar-refractivity contribution is 0.0196. The summed E-state index contributed by atoms with van der Waals surface area (Å²) in [5, 5.41) is 4.84. The molecule has 1 aliphatic heterocycles. The van der Waals surface area contributed by atoms with Crippen LogP contribution in [0.25, 0.3) is 16.9 Å². The van der Waals surface area contributed by atoms with Crippen LogP contribution in [0.3, 0.4) is 0 Å². The molecule has 1 aliphatic rings. The third-order valence-corrected chi connectivity index (χ3v) is 5.56. The minimum absolute atomic E-state index is 0.153. The number of rotatable bonds is 4. The number of amides is 1. The van der Waals surface area contributed by atoms with Crippen LogP contribution in [0.5, 0.6) is 11.5 Å². The SMILES string of the molecule is COc1ccc(-c2cc3nccc([C@@H]4CCCN(C(=O)OC(C)(C)C)C4)n3n2)cc1OC. The van der Waals surface area contributed by atoms with Gasteiger partial charge in [0.1, 0.15) is 5.60 Å². The number of fused-ring (bicyclic) bond motifs is 1. The lowest BCUT2D eigenvalue weighted by atomic mass is 9.95. The first-order chi connectivity index (χ1) is 15.3. The van der Waals surface area contributed by atoms with Gasteiger partial charge in [0.05, 0.1) is 25.6 Å². The monoisotopic (exact) mass is 438 g/mol. The van der Waals surface area contributed by atoms with Crippen molar-refractivity contribution in [3.8, 4) is 22.8 Å². The second kappa shape index (κ2) is 8.68. The second-order valence-corrected chi connectivity index (χ2v) is 9.00. The first-order valence-corrected chi connectivity index (χ1v) is 10.8. The van der Waals surface area contributed by atoms with Crippen molar-refractivity contribution >= 4 is 11.7 Å². The molecular weight excluding hydrogens is 408 g/mol. The van der Waals surface area contributed by atoms with Crippen LogP contribution in [0.4, 0.5) is 4.79 Å². The van der Waals surface area contributed by atoms with Crippen molar-refractivity contribution in [3.05, 3.63) is 42.2 Å². The number of aromatic nitrogens is 3. The third kappa shape index (κ3) is 4.49. The maximum atomic E-state index is 12.6. The van der Waals surface area contributed by atoms with Crippen molar-refractivity contribution in [2.24, 2.45) is 0 Å². The fourth-order valence-electron chi connectivity index (χ4n) is 4.07. The zero-order valence-corrected chi connectivity index (χ0v) is 19.3. The van der Waals surface area contributed by atoms with Crippen molar-refractivity contribution in [1.82, 2.24) is 19.5 Å². The minimum Gasteiger partial charge on any atom is -0.493 e. The van der Waals surface area contributed by atoms with Crippen LogP contribution >= 0.6 is 0 Å². The highest BCUT2D eigenvalue weighted by Gasteiger charge is 2.29. The first kappa shape index (κ1) is 21.9. The normalized spacial score (nSPS) is 16.8. The molecule has 32 heavy (non-hydrogen) atoms. The van der Waals surface area contributed by atoms with Crippen LogP contribution in [0.2, 0.25) is 0 Å². The molecule has 3 heterocycles. The van der Waals surface area contributed by atoms with E-state index in [2.05, 4.69) is 4.98 Å². The Hall–Kier alpha value is -3.29. The molecule has 1 amide bonds. The zero-order valence-electron chi connectivity index (χ0n) is 19.3. The van der Waals surface area contributed by atoms with E-state index in [0.29, 0.717) is 24.6 Å². The van der Waals surface area contributed by atoms with Crippen LogP contribution in [0.15, 0.2) is 36.5 Å². The fourth-order valence-corrected chi connectivity index (χ4v) is 4.07. The molecule has 1 aromatic carbocycles. The van der Waals surface area contributed by atoms with Crippen LogP contribution in [0.1, 0.15) is 45.2 Å². The Morgan fingerprint density at radius 1 is 1.09 bits per heavy atom. The van der Waals surface area contributed by atoms with E-state index in [0.717, 1.165) is 35.4 Å². The number of benzene rings is 1. The summed E-state index contributed by atoms with van der Waals surface area (Å²) in [5.41, 5.74) is 3.00. The number of piperidine rings is 1. The van der Waals surface area contributed by atoms with E-state index in [1.54, 1.807) is 25.3 Å². The molecule has 4 rings (SSSR count). The third-order valence-electron chi connectivity index (χ3n) is 5.56. The smallest absolute Gasteiger partial charge is 0.410 e. The zero-order chi connectivity index (χ0) is 22.9. The summed E-state index contributed by atoms with van der Waals surface area (Å²) in [4.78, 5) is 18.9. The topological polar surface area (TPSA) is 78.2 Å². The van der Waals surface area contributed by atoms with Gasteiger partial charge in [-0.2, -0.15) is 5.10 Å².